The third-order valence-electron chi connectivity index (χ3n) is 3.45. The summed E-state index contributed by atoms with van der Waals surface area (Å²) in [7, 11) is 0. The number of carboxylic acid groups (broad SMARTS) is 1. The maximum absolute atomic E-state index is 11.3. The quantitative estimate of drug-likeness (QED) is 0.831. The van der Waals surface area contributed by atoms with Crippen LogP contribution in [0.2, 0.25) is 0 Å². The molecule has 0 saturated carbocycles. The van der Waals surface area contributed by atoms with Gasteiger partial charge in [-0.3, -0.25) is 9.78 Å². The lowest BCUT2D eigenvalue weighted by Gasteiger charge is -2.29. The molecule has 0 amide bonds. The molecular formula is C13H19NO2. The Hall–Kier alpha value is -1.38. The summed E-state index contributed by atoms with van der Waals surface area (Å²) < 4.78 is 0. The van der Waals surface area contributed by atoms with Crippen molar-refractivity contribution in [1.29, 1.82) is 0 Å². The van der Waals surface area contributed by atoms with Gasteiger partial charge in [0.05, 0.1) is 5.41 Å². The Morgan fingerprint density at radius 3 is 2.44 bits per heavy atom. The van der Waals surface area contributed by atoms with Crippen LogP contribution in [0.15, 0.2) is 24.5 Å². The van der Waals surface area contributed by atoms with Gasteiger partial charge in [-0.2, -0.15) is 0 Å². The fourth-order valence-corrected chi connectivity index (χ4v) is 1.60. The summed E-state index contributed by atoms with van der Waals surface area (Å²) >= 11 is 0. The highest BCUT2D eigenvalue weighted by molar-refractivity contribution is 5.74. The smallest absolute Gasteiger partial charge is 0.309 e. The average molecular weight is 221 g/mol. The third-order valence-corrected chi connectivity index (χ3v) is 3.45. The van der Waals surface area contributed by atoms with Gasteiger partial charge in [0.2, 0.25) is 0 Å². The first-order valence-electron chi connectivity index (χ1n) is 5.59. The van der Waals surface area contributed by atoms with Gasteiger partial charge in [-0.05, 0) is 43.4 Å². The first kappa shape index (κ1) is 12.7. The number of aromatic nitrogens is 1. The lowest BCUT2D eigenvalue weighted by Crippen LogP contribution is -2.33. The van der Waals surface area contributed by atoms with E-state index in [1.165, 1.54) is 0 Å². The summed E-state index contributed by atoms with van der Waals surface area (Å²) in [5.74, 6) is -0.580. The number of carbonyl (C=O) groups is 1. The minimum absolute atomic E-state index is 0.131. The highest BCUT2D eigenvalue weighted by Gasteiger charge is 2.35. The van der Waals surface area contributed by atoms with E-state index in [9.17, 15) is 9.90 Å². The van der Waals surface area contributed by atoms with E-state index in [4.69, 9.17) is 0 Å². The van der Waals surface area contributed by atoms with Gasteiger partial charge in [0.1, 0.15) is 0 Å². The topological polar surface area (TPSA) is 50.2 Å². The molecule has 0 bridgehead atoms. The van der Waals surface area contributed by atoms with Gasteiger partial charge in [-0.1, -0.05) is 13.8 Å². The van der Waals surface area contributed by atoms with Crippen LogP contribution in [0.1, 0.15) is 32.8 Å². The maximum Gasteiger partial charge on any atom is 0.309 e. The van der Waals surface area contributed by atoms with E-state index < -0.39 is 11.4 Å². The molecule has 1 N–H and O–H groups in total. The van der Waals surface area contributed by atoms with Crippen LogP contribution in [0.5, 0.6) is 0 Å². The van der Waals surface area contributed by atoms with Crippen molar-refractivity contribution in [2.45, 2.75) is 33.6 Å². The van der Waals surface area contributed by atoms with Crippen LogP contribution in [0.4, 0.5) is 0 Å². The van der Waals surface area contributed by atoms with E-state index in [0.717, 1.165) is 12.0 Å². The summed E-state index contributed by atoms with van der Waals surface area (Å²) in [6.07, 6.45) is 4.92. The van der Waals surface area contributed by atoms with Crippen LogP contribution in [-0.4, -0.2) is 16.1 Å². The molecule has 1 heterocycles. The van der Waals surface area contributed by atoms with E-state index >= 15 is 0 Å². The summed E-state index contributed by atoms with van der Waals surface area (Å²) in [6, 6.07) is 3.87. The molecule has 0 fully saturated rings. The molecule has 0 spiro atoms. The molecule has 1 unspecified atom stereocenters. The predicted octanol–water partition coefficient (Wildman–Crippen LogP) is 2.76. The number of aliphatic carboxylic acids is 1. The van der Waals surface area contributed by atoms with Crippen LogP contribution < -0.4 is 0 Å². The van der Waals surface area contributed by atoms with E-state index in [0.29, 0.717) is 6.42 Å². The Morgan fingerprint density at radius 1 is 1.44 bits per heavy atom. The molecule has 0 aliphatic carbocycles. The van der Waals surface area contributed by atoms with Gasteiger partial charge in [-0.25, -0.2) is 0 Å². The van der Waals surface area contributed by atoms with Crippen molar-refractivity contribution in [1.82, 2.24) is 4.98 Å². The zero-order valence-corrected chi connectivity index (χ0v) is 10.1. The number of hydrogen-bond donors (Lipinski definition) is 1. The number of hydrogen-bond acceptors (Lipinski definition) is 2. The molecular weight excluding hydrogens is 202 g/mol. The number of carboxylic acids is 1. The van der Waals surface area contributed by atoms with E-state index in [1.807, 2.05) is 32.9 Å². The van der Waals surface area contributed by atoms with Crippen molar-refractivity contribution in [3.63, 3.8) is 0 Å². The van der Waals surface area contributed by atoms with Crippen LogP contribution in [0.25, 0.3) is 0 Å². The second-order valence-electron chi connectivity index (χ2n) is 4.73. The number of rotatable bonds is 5. The number of aryl methyl sites for hydroxylation is 1. The first-order chi connectivity index (χ1) is 7.47. The van der Waals surface area contributed by atoms with Crippen molar-refractivity contribution < 1.29 is 9.90 Å². The van der Waals surface area contributed by atoms with Crippen molar-refractivity contribution in [2.75, 3.05) is 0 Å². The Morgan fingerprint density at radius 2 is 2.00 bits per heavy atom. The Labute approximate surface area is 96.5 Å². The number of pyridine rings is 1. The Balaban J connectivity index is 2.69. The van der Waals surface area contributed by atoms with Crippen molar-refractivity contribution >= 4 is 5.97 Å². The molecule has 0 saturated heterocycles. The predicted molar refractivity (Wildman–Crippen MR) is 63.1 cm³/mol. The molecule has 88 valence electrons. The molecule has 1 aromatic rings. The number of nitrogens with zero attached hydrogens (tertiary/aromatic N) is 1. The van der Waals surface area contributed by atoms with Gasteiger partial charge in [0.15, 0.2) is 0 Å². The largest absolute Gasteiger partial charge is 0.481 e. The second kappa shape index (κ2) is 5.10. The Bertz CT molecular complexity index is 348. The highest BCUT2D eigenvalue weighted by Crippen LogP contribution is 2.32. The Kier molecular flexibility index (Phi) is 4.05. The van der Waals surface area contributed by atoms with Gasteiger partial charge in [0.25, 0.3) is 0 Å². The zero-order valence-electron chi connectivity index (χ0n) is 10.1. The van der Waals surface area contributed by atoms with E-state index in [-0.39, 0.29) is 5.92 Å². The average Bonchev–Trinajstić information content (AvgIpc) is 2.26. The van der Waals surface area contributed by atoms with E-state index in [1.54, 1.807) is 12.4 Å². The summed E-state index contributed by atoms with van der Waals surface area (Å²) in [6.45, 7) is 5.74. The molecule has 1 rings (SSSR count). The molecule has 0 aromatic carbocycles. The minimum Gasteiger partial charge on any atom is -0.481 e. The molecule has 0 aliphatic rings. The molecule has 3 heteroatoms. The van der Waals surface area contributed by atoms with Gasteiger partial charge in [-0.15, -0.1) is 0 Å². The minimum atomic E-state index is -0.712. The zero-order chi connectivity index (χ0) is 12.2. The maximum atomic E-state index is 11.3. The molecule has 0 aliphatic heterocycles. The molecule has 1 aromatic heterocycles. The standard InChI is InChI=1S/C13H19NO2/c1-10(2)13(3,12(15)16)7-4-11-5-8-14-9-6-11/h5-6,8-10H,4,7H2,1-3H3,(H,15,16). The molecule has 0 radical (unpaired) electrons. The molecule has 16 heavy (non-hydrogen) atoms. The highest BCUT2D eigenvalue weighted by atomic mass is 16.4. The first-order valence-corrected chi connectivity index (χ1v) is 5.59. The van der Waals surface area contributed by atoms with Crippen molar-refractivity contribution in [3.05, 3.63) is 30.1 Å². The summed E-state index contributed by atoms with van der Waals surface area (Å²) in [5.41, 5.74) is 0.492. The fourth-order valence-electron chi connectivity index (χ4n) is 1.60. The van der Waals surface area contributed by atoms with Gasteiger partial charge < -0.3 is 5.11 Å². The van der Waals surface area contributed by atoms with Gasteiger partial charge >= 0.3 is 5.97 Å². The van der Waals surface area contributed by atoms with Crippen LogP contribution in [-0.2, 0) is 11.2 Å². The summed E-state index contributed by atoms with van der Waals surface area (Å²) in [4.78, 5) is 15.2. The summed E-state index contributed by atoms with van der Waals surface area (Å²) in [5, 5.41) is 9.27. The SMILES string of the molecule is CC(C)C(C)(CCc1ccncc1)C(=O)O. The monoisotopic (exact) mass is 221 g/mol. The second-order valence-corrected chi connectivity index (χ2v) is 4.73. The van der Waals surface area contributed by atoms with Crippen LogP contribution in [0.3, 0.4) is 0 Å². The third kappa shape index (κ3) is 2.81. The lowest BCUT2D eigenvalue weighted by atomic mass is 9.75. The normalized spacial score (nSPS) is 14.8. The van der Waals surface area contributed by atoms with Crippen molar-refractivity contribution in [3.8, 4) is 0 Å². The van der Waals surface area contributed by atoms with E-state index in [2.05, 4.69) is 4.98 Å². The van der Waals surface area contributed by atoms with Crippen LogP contribution >= 0.6 is 0 Å². The lowest BCUT2D eigenvalue weighted by molar-refractivity contribution is -0.151. The van der Waals surface area contributed by atoms with Gasteiger partial charge in [0, 0.05) is 12.4 Å². The fraction of sp³-hybridized carbons (Fsp3) is 0.538. The van der Waals surface area contributed by atoms with Crippen molar-refractivity contribution in [2.24, 2.45) is 11.3 Å². The van der Waals surface area contributed by atoms with Crippen LogP contribution in [0, 0.1) is 11.3 Å². The molecule has 1 atom stereocenters. The molecule has 3 nitrogen and oxygen atoms in total.